The molecule has 0 radical (unpaired) electrons. The maximum absolute atomic E-state index is 15.9. The van der Waals surface area contributed by atoms with Crippen molar-refractivity contribution < 1.29 is 23.8 Å². The van der Waals surface area contributed by atoms with Gasteiger partial charge in [-0.2, -0.15) is 0 Å². The van der Waals surface area contributed by atoms with Crippen molar-refractivity contribution in [1.29, 1.82) is 0 Å². The molecular weight excluding hydrogens is 551 g/mol. The molecule has 4 aromatic rings. The molecule has 2 fully saturated rings. The first-order valence-electron chi connectivity index (χ1n) is 14.7. The molecule has 2 aliphatic heterocycles. The lowest BCUT2D eigenvalue weighted by molar-refractivity contribution is -0.00334. The van der Waals surface area contributed by atoms with Crippen molar-refractivity contribution in [3.05, 3.63) is 64.7 Å². The number of benzene rings is 3. The van der Waals surface area contributed by atoms with Crippen molar-refractivity contribution in [3.63, 3.8) is 0 Å². The summed E-state index contributed by atoms with van der Waals surface area (Å²) < 4.78 is 28.9. The van der Waals surface area contributed by atoms with Gasteiger partial charge in [0, 0.05) is 43.2 Å². The summed E-state index contributed by atoms with van der Waals surface area (Å²) >= 11 is 0. The van der Waals surface area contributed by atoms with E-state index in [1.807, 2.05) is 52.1 Å². The zero-order valence-electron chi connectivity index (χ0n) is 25.0. The molecule has 10 heteroatoms. The lowest BCUT2D eigenvalue weighted by atomic mass is 9.96. The van der Waals surface area contributed by atoms with Gasteiger partial charge in [-0.15, -0.1) is 0 Å². The van der Waals surface area contributed by atoms with Crippen molar-refractivity contribution in [1.82, 2.24) is 19.4 Å². The normalized spacial score (nSPS) is 17.9. The number of aromatic nitrogens is 2. The van der Waals surface area contributed by atoms with Gasteiger partial charge in [-0.3, -0.25) is 4.79 Å². The van der Waals surface area contributed by atoms with Crippen molar-refractivity contribution in [2.75, 3.05) is 33.3 Å². The van der Waals surface area contributed by atoms with Crippen LogP contribution in [0.3, 0.4) is 0 Å². The number of hydrogen-bond acceptors (Lipinski definition) is 7. The number of fused-ring (bicyclic) bond motifs is 2. The Morgan fingerprint density at radius 2 is 1.88 bits per heavy atom. The maximum atomic E-state index is 15.9. The molecule has 1 amide bonds. The van der Waals surface area contributed by atoms with E-state index in [2.05, 4.69) is 9.88 Å². The molecule has 1 N–H and O–H groups in total. The van der Waals surface area contributed by atoms with Crippen LogP contribution in [0, 0.1) is 11.7 Å². The SMILES string of the molecule is CN1CCC[C@H]1COc1nc2cc(-c3cc(O)cc4ccccc34)c(F)cc2n(CC2CN(C(=O)OC(C)(C)C)C2)c1=O. The number of ether oxygens (including phenoxy) is 2. The zero-order valence-corrected chi connectivity index (χ0v) is 25.0. The second kappa shape index (κ2) is 11.1. The van der Waals surface area contributed by atoms with Gasteiger partial charge in [0.15, 0.2) is 0 Å². The number of rotatable bonds is 6. The Kier molecular flexibility index (Phi) is 7.50. The van der Waals surface area contributed by atoms with Crippen LogP contribution in [0.1, 0.15) is 33.6 Å². The summed E-state index contributed by atoms with van der Waals surface area (Å²) in [7, 11) is 2.04. The molecule has 6 rings (SSSR count). The van der Waals surface area contributed by atoms with Gasteiger partial charge in [0.2, 0.25) is 0 Å². The van der Waals surface area contributed by atoms with Gasteiger partial charge < -0.3 is 28.9 Å². The number of likely N-dealkylation sites (N-methyl/N-ethyl adjacent to an activating group) is 1. The molecule has 2 aliphatic rings. The van der Waals surface area contributed by atoms with E-state index in [0.717, 1.165) is 30.2 Å². The molecule has 0 saturated carbocycles. The highest BCUT2D eigenvalue weighted by atomic mass is 19.1. The monoisotopic (exact) mass is 588 g/mol. The van der Waals surface area contributed by atoms with Crippen LogP contribution in [0.15, 0.2) is 53.3 Å². The highest BCUT2D eigenvalue weighted by molar-refractivity contribution is 5.99. The molecule has 0 bridgehead atoms. The van der Waals surface area contributed by atoms with E-state index in [0.29, 0.717) is 36.3 Å². The average Bonchev–Trinajstić information content (AvgIpc) is 3.33. The molecule has 1 atom stereocenters. The summed E-state index contributed by atoms with van der Waals surface area (Å²) in [5.74, 6) is -0.573. The molecule has 1 aromatic heterocycles. The Morgan fingerprint density at radius 1 is 1.12 bits per heavy atom. The first-order chi connectivity index (χ1) is 20.5. The number of aromatic hydroxyl groups is 1. The number of phenolic OH excluding ortho intramolecular Hbond substituents is 1. The number of likely N-dealkylation sites (tertiary alicyclic amines) is 2. The van der Waals surface area contributed by atoms with Gasteiger partial charge in [-0.05, 0) is 81.7 Å². The quantitative estimate of drug-likeness (QED) is 0.322. The van der Waals surface area contributed by atoms with Crippen LogP contribution in [-0.2, 0) is 11.3 Å². The number of phenols is 1. The van der Waals surface area contributed by atoms with Gasteiger partial charge >= 0.3 is 11.7 Å². The van der Waals surface area contributed by atoms with E-state index in [4.69, 9.17) is 9.47 Å². The fourth-order valence-corrected chi connectivity index (χ4v) is 6.02. The molecule has 226 valence electrons. The fraction of sp³-hybridized carbons (Fsp3) is 0.424. The standard InChI is InChI=1S/C33H37FN4O5/c1-33(2,3)43-32(41)37-16-20(17-37)18-38-29-15-27(34)26(25-13-23(39)12-21-8-5-6-10-24(21)25)14-28(29)35-30(31(38)40)42-19-22-9-7-11-36(22)4/h5-6,8,10,12-15,20,22,39H,7,9,11,16-19H2,1-4H3/t22-/m0/s1. The molecule has 0 aliphatic carbocycles. The largest absolute Gasteiger partial charge is 0.508 e. The van der Waals surface area contributed by atoms with Crippen LogP contribution in [0.25, 0.3) is 32.9 Å². The molecule has 3 aromatic carbocycles. The highest BCUT2D eigenvalue weighted by Gasteiger charge is 2.35. The highest BCUT2D eigenvalue weighted by Crippen LogP contribution is 2.36. The molecule has 9 nitrogen and oxygen atoms in total. The van der Waals surface area contributed by atoms with Crippen molar-refractivity contribution in [2.45, 2.75) is 51.8 Å². The van der Waals surface area contributed by atoms with E-state index in [9.17, 15) is 14.7 Å². The van der Waals surface area contributed by atoms with Crippen LogP contribution in [-0.4, -0.2) is 75.5 Å². The smallest absolute Gasteiger partial charge is 0.410 e. The summed E-state index contributed by atoms with van der Waals surface area (Å²) in [5.41, 5.74) is 0.503. The number of carbonyl (C=O) groups is 1. The van der Waals surface area contributed by atoms with Crippen molar-refractivity contribution in [2.24, 2.45) is 5.92 Å². The Hall–Kier alpha value is -4.18. The predicted molar refractivity (Wildman–Crippen MR) is 163 cm³/mol. The summed E-state index contributed by atoms with van der Waals surface area (Å²) in [6.45, 7) is 7.86. The third-order valence-corrected chi connectivity index (χ3v) is 8.28. The average molecular weight is 589 g/mol. The van der Waals surface area contributed by atoms with Crippen molar-refractivity contribution in [3.8, 4) is 22.8 Å². The zero-order chi connectivity index (χ0) is 30.5. The molecular formula is C33H37FN4O5. The Labute approximate surface area is 249 Å². The number of halogens is 1. The van der Waals surface area contributed by atoms with E-state index >= 15 is 4.39 Å². The first kappa shape index (κ1) is 28.9. The number of amides is 1. The van der Waals surface area contributed by atoms with Gasteiger partial charge in [0.1, 0.15) is 23.8 Å². The van der Waals surface area contributed by atoms with Gasteiger partial charge in [-0.1, -0.05) is 24.3 Å². The summed E-state index contributed by atoms with van der Waals surface area (Å²) in [6.07, 6.45) is 1.64. The number of carbonyl (C=O) groups excluding carboxylic acids is 1. The molecule has 2 saturated heterocycles. The van der Waals surface area contributed by atoms with Crippen molar-refractivity contribution >= 4 is 27.9 Å². The minimum atomic E-state index is -0.601. The van der Waals surface area contributed by atoms with Crippen LogP contribution in [0.4, 0.5) is 9.18 Å². The van der Waals surface area contributed by atoms with E-state index in [1.165, 1.54) is 16.7 Å². The number of hydrogen-bond donors (Lipinski definition) is 1. The third kappa shape index (κ3) is 5.88. The summed E-state index contributed by atoms with van der Waals surface area (Å²) in [5, 5.41) is 12.0. The van der Waals surface area contributed by atoms with E-state index in [-0.39, 0.29) is 35.7 Å². The second-order valence-electron chi connectivity index (χ2n) is 12.7. The van der Waals surface area contributed by atoms with Crippen LogP contribution >= 0.6 is 0 Å². The summed E-state index contributed by atoms with van der Waals surface area (Å²) in [4.78, 5) is 34.6. The first-order valence-corrected chi connectivity index (χ1v) is 14.7. The van der Waals surface area contributed by atoms with Gasteiger partial charge in [-0.25, -0.2) is 14.2 Å². The lowest BCUT2D eigenvalue weighted by Crippen LogP contribution is -2.53. The second-order valence-corrected chi connectivity index (χ2v) is 12.7. The van der Waals surface area contributed by atoms with Gasteiger partial charge in [0.25, 0.3) is 5.88 Å². The third-order valence-electron chi connectivity index (χ3n) is 8.28. The minimum Gasteiger partial charge on any atom is -0.508 e. The molecule has 43 heavy (non-hydrogen) atoms. The lowest BCUT2D eigenvalue weighted by Gasteiger charge is -2.40. The van der Waals surface area contributed by atoms with Gasteiger partial charge in [0.05, 0.1) is 11.0 Å². The van der Waals surface area contributed by atoms with E-state index in [1.54, 1.807) is 17.0 Å². The predicted octanol–water partition coefficient (Wildman–Crippen LogP) is 5.40. The Bertz CT molecular complexity index is 1760. The fourth-order valence-electron chi connectivity index (χ4n) is 6.02. The van der Waals surface area contributed by atoms with Crippen LogP contribution in [0.2, 0.25) is 0 Å². The van der Waals surface area contributed by atoms with E-state index < -0.39 is 23.1 Å². The molecule has 0 spiro atoms. The Morgan fingerprint density at radius 3 is 2.60 bits per heavy atom. The summed E-state index contributed by atoms with van der Waals surface area (Å²) in [6, 6.07) is 13.8. The molecule has 3 heterocycles. The number of nitrogens with zero attached hydrogens (tertiary/aromatic N) is 4. The Balaban J connectivity index is 1.38. The molecule has 0 unspecified atom stereocenters. The van der Waals surface area contributed by atoms with Crippen LogP contribution < -0.4 is 10.3 Å². The topological polar surface area (TPSA) is 97.1 Å². The van der Waals surface area contributed by atoms with Crippen LogP contribution in [0.5, 0.6) is 11.6 Å². The maximum Gasteiger partial charge on any atom is 0.410 e. The minimum absolute atomic E-state index is 0.0235.